The van der Waals surface area contributed by atoms with Gasteiger partial charge in [-0.3, -0.25) is 0 Å². The van der Waals surface area contributed by atoms with Crippen LogP contribution in [0.3, 0.4) is 0 Å². The molecule has 4 rings (SSSR count). The minimum absolute atomic E-state index is 0.0920. The van der Waals surface area contributed by atoms with E-state index in [4.69, 9.17) is 9.72 Å². The smallest absolute Gasteiger partial charge is 0.225 e. The Morgan fingerprint density at radius 3 is 2.82 bits per heavy atom. The van der Waals surface area contributed by atoms with E-state index in [-0.39, 0.29) is 11.5 Å². The molecule has 0 saturated carbocycles. The van der Waals surface area contributed by atoms with Crippen molar-refractivity contribution in [3.63, 3.8) is 0 Å². The van der Waals surface area contributed by atoms with Crippen LogP contribution >= 0.6 is 0 Å². The third-order valence-electron chi connectivity index (χ3n) is 5.28. The molecule has 0 radical (unpaired) electrons. The number of hydrogen-bond acceptors (Lipinski definition) is 8. The van der Waals surface area contributed by atoms with Crippen LogP contribution in [0, 0.1) is 5.41 Å². The highest BCUT2D eigenvalue weighted by Crippen LogP contribution is 2.41. The van der Waals surface area contributed by atoms with Gasteiger partial charge in [0.1, 0.15) is 5.82 Å². The Balaban J connectivity index is 1.60. The Labute approximate surface area is 166 Å². The van der Waals surface area contributed by atoms with Crippen molar-refractivity contribution in [2.24, 2.45) is 5.41 Å². The first-order valence-electron chi connectivity index (χ1n) is 10.1. The van der Waals surface area contributed by atoms with Crippen molar-refractivity contribution in [3.8, 4) is 0 Å². The summed E-state index contributed by atoms with van der Waals surface area (Å²) in [5.74, 6) is 2.27. The SMILES string of the molecule is CCNc1ccnc(N[C@@H]2CC(C)(C)Cc3nc(N4CCOCC4)ncc32)n1. The Morgan fingerprint density at radius 1 is 1.21 bits per heavy atom. The number of fused-ring (bicyclic) bond motifs is 1. The number of anilines is 3. The maximum absolute atomic E-state index is 5.45. The molecule has 1 saturated heterocycles. The second-order valence-corrected chi connectivity index (χ2v) is 8.21. The van der Waals surface area contributed by atoms with Gasteiger partial charge in [0.05, 0.1) is 24.9 Å². The van der Waals surface area contributed by atoms with Crippen LogP contribution < -0.4 is 15.5 Å². The average molecular weight is 384 g/mol. The molecule has 2 aliphatic rings. The quantitative estimate of drug-likeness (QED) is 0.815. The Bertz CT molecular complexity index is 820. The molecule has 1 fully saturated rings. The summed E-state index contributed by atoms with van der Waals surface area (Å²) in [5.41, 5.74) is 2.41. The topological polar surface area (TPSA) is 88.1 Å². The largest absolute Gasteiger partial charge is 0.378 e. The molecule has 0 bridgehead atoms. The molecule has 8 nitrogen and oxygen atoms in total. The monoisotopic (exact) mass is 383 g/mol. The first-order valence-corrected chi connectivity index (χ1v) is 10.1. The number of aromatic nitrogens is 4. The number of nitrogens with one attached hydrogen (secondary N) is 2. The molecule has 2 N–H and O–H groups in total. The van der Waals surface area contributed by atoms with Gasteiger partial charge in [0.25, 0.3) is 0 Å². The van der Waals surface area contributed by atoms with Gasteiger partial charge in [-0.2, -0.15) is 4.98 Å². The van der Waals surface area contributed by atoms with Crippen molar-refractivity contribution in [2.45, 2.75) is 39.7 Å². The van der Waals surface area contributed by atoms with Gasteiger partial charge >= 0.3 is 0 Å². The predicted molar refractivity (Wildman–Crippen MR) is 110 cm³/mol. The van der Waals surface area contributed by atoms with Crippen LogP contribution in [0.5, 0.6) is 0 Å². The van der Waals surface area contributed by atoms with Crippen molar-refractivity contribution in [3.05, 3.63) is 29.7 Å². The summed E-state index contributed by atoms with van der Waals surface area (Å²) in [7, 11) is 0. The van der Waals surface area contributed by atoms with Crippen LogP contribution in [-0.2, 0) is 11.2 Å². The van der Waals surface area contributed by atoms with E-state index in [9.17, 15) is 0 Å². The van der Waals surface area contributed by atoms with Gasteiger partial charge in [0.15, 0.2) is 0 Å². The molecule has 3 heterocycles. The van der Waals surface area contributed by atoms with Crippen LogP contribution in [0.4, 0.5) is 17.7 Å². The maximum atomic E-state index is 5.45. The molecular weight excluding hydrogens is 354 g/mol. The van der Waals surface area contributed by atoms with E-state index >= 15 is 0 Å². The molecule has 0 aromatic carbocycles. The molecule has 0 unspecified atom stereocenters. The van der Waals surface area contributed by atoms with Gasteiger partial charge in [-0.1, -0.05) is 13.8 Å². The third kappa shape index (κ3) is 4.16. The summed E-state index contributed by atoms with van der Waals surface area (Å²) in [5, 5.41) is 6.75. The molecule has 8 heteroatoms. The highest BCUT2D eigenvalue weighted by molar-refractivity contribution is 5.43. The molecule has 2 aromatic heterocycles. The number of nitrogens with zero attached hydrogens (tertiary/aromatic N) is 5. The lowest BCUT2D eigenvalue weighted by atomic mass is 9.74. The van der Waals surface area contributed by atoms with Gasteiger partial charge in [-0.15, -0.1) is 0 Å². The molecule has 0 spiro atoms. The van der Waals surface area contributed by atoms with Gasteiger partial charge in [0.2, 0.25) is 11.9 Å². The molecule has 1 aliphatic carbocycles. The second kappa shape index (κ2) is 7.87. The number of ether oxygens (including phenoxy) is 1. The number of rotatable bonds is 5. The summed E-state index contributed by atoms with van der Waals surface area (Å²) in [6.07, 6.45) is 5.68. The van der Waals surface area contributed by atoms with Crippen molar-refractivity contribution in [1.29, 1.82) is 0 Å². The molecule has 1 aliphatic heterocycles. The van der Waals surface area contributed by atoms with E-state index in [1.807, 2.05) is 12.3 Å². The van der Waals surface area contributed by atoms with Gasteiger partial charge in [0, 0.05) is 37.6 Å². The molecule has 2 aromatic rings. The van der Waals surface area contributed by atoms with Crippen LogP contribution in [-0.4, -0.2) is 52.8 Å². The normalized spacial score (nSPS) is 21.1. The Morgan fingerprint density at radius 2 is 2.04 bits per heavy atom. The first-order chi connectivity index (χ1) is 13.5. The van der Waals surface area contributed by atoms with Crippen molar-refractivity contribution >= 4 is 17.7 Å². The maximum Gasteiger partial charge on any atom is 0.225 e. The minimum Gasteiger partial charge on any atom is -0.378 e. The summed E-state index contributed by atoms with van der Waals surface area (Å²) in [6, 6.07) is 1.97. The molecule has 28 heavy (non-hydrogen) atoms. The number of hydrogen-bond donors (Lipinski definition) is 2. The van der Waals surface area contributed by atoms with Crippen molar-refractivity contribution < 1.29 is 4.74 Å². The number of morpholine rings is 1. The minimum atomic E-state index is 0.0920. The fourth-order valence-corrected chi connectivity index (χ4v) is 3.94. The lowest BCUT2D eigenvalue weighted by Crippen LogP contribution is -2.38. The molecular formula is C20H29N7O. The Hall–Kier alpha value is -2.48. The molecule has 1 atom stereocenters. The predicted octanol–water partition coefficient (Wildman–Crippen LogP) is 2.66. The zero-order valence-corrected chi connectivity index (χ0v) is 16.9. The highest BCUT2D eigenvalue weighted by Gasteiger charge is 2.34. The lowest BCUT2D eigenvalue weighted by Gasteiger charge is -2.37. The third-order valence-corrected chi connectivity index (χ3v) is 5.28. The van der Waals surface area contributed by atoms with E-state index in [0.717, 1.165) is 68.7 Å². The summed E-state index contributed by atoms with van der Waals surface area (Å²) in [4.78, 5) is 20.8. The highest BCUT2D eigenvalue weighted by atomic mass is 16.5. The van der Waals surface area contributed by atoms with E-state index in [1.165, 1.54) is 0 Å². The van der Waals surface area contributed by atoms with Crippen LogP contribution in [0.1, 0.15) is 44.5 Å². The van der Waals surface area contributed by atoms with E-state index in [0.29, 0.717) is 5.95 Å². The lowest BCUT2D eigenvalue weighted by molar-refractivity contribution is 0.122. The molecule has 150 valence electrons. The molecule has 0 amide bonds. The second-order valence-electron chi connectivity index (χ2n) is 8.21. The summed E-state index contributed by atoms with van der Waals surface area (Å²) < 4.78 is 5.45. The van der Waals surface area contributed by atoms with Crippen molar-refractivity contribution in [2.75, 3.05) is 48.4 Å². The summed E-state index contributed by atoms with van der Waals surface area (Å²) >= 11 is 0. The van der Waals surface area contributed by atoms with Crippen LogP contribution in [0.2, 0.25) is 0 Å². The first kappa shape index (κ1) is 18.9. The summed E-state index contributed by atoms with van der Waals surface area (Å²) in [6.45, 7) is 10.6. The van der Waals surface area contributed by atoms with E-state index in [2.05, 4.69) is 51.3 Å². The average Bonchev–Trinajstić information content (AvgIpc) is 2.68. The fourth-order valence-electron chi connectivity index (χ4n) is 3.94. The van der Waals surface area contributed by atoms with Crippen LogP contribution in [0.15, 0.2) is 18.5 Å². The zero-order chi connectivity index (χ0) is 19.6. The van der Waals surface area contributed by atoms with Gasteiger partial charge in [-0.05, 0) is 31.2 Å². The van der Waals surface area contributed by atoms with Gasteiger partial charge < -0.3 is 20.3 Å². The van der Waals surface area contributed by atoms with Crippen LogP contribution in [0.25, 0.3) is 0 Å². The zero-order valence-electron chi connectivity index (χ0n) is 16.9. The fraction of sp³-hybridized carbons (Fsp3) is 0.600. The van der Waals surface area contributed by atoms with E-state index < -0.39 is 0 Å². The Kier molecular flexibility index (Phi) is 5.30. The standard InChI is InChI=1S/C20H29N7O/c1-4-21-17-5-6-22-18(26-17)24-15-11-20(2,3)12-16-14(15)13-23-19(25-16)27-7-9-28-10-8-27/h5-6,13,15H,4,7-12H2,1-3H3,(H2,21,22,24,26)/t15-/m1/s1. The van der Waals surface area contributed by atoms with E-state index in [1.54, 1.807) is 6.20 Å². The van der Waals surface area contributed by atoms with Crippen molar-refractivity contribution in [1.82, 2.24) is 19.9 Å². The van der Waals surface area contributed by atoms with Gasteiger partial charge in [-0.25, -0.2) is 15.0 Å².